The molecule has 0 saturated carbocycles. The Labute approximate surface area is 130 Å². The van der Waals surface area contributed by atoms with E-state index in [1.165, 1.54) is 11.3 Å². The molecule has 0 radical (unpaired) electrons. The maximum absolute atomic E-state index is 12.3. The number of thiophene rings is 1. The topological polar surface area (TPSA) is 68.0 Å². The van der Waals surface area contributed by atoms with Gasteiger partial charge in [-0.2, -0.15) is 0 Å². The van der Waals surface area contributed by atoms with E-state index < -0.39 is 0 Å². The average Bonchev–Trinajstić information content (AvgIpc) is 3.00. The van der Waals surface area contributed by atoms with E-state index in [9.17, 15) is 4.79 Å². The summed E-state index contributed by atoms with van der Waals surface area (Å²) in [6, 6.07) is 6.03. The normalized spacial score (nSPS) is 11.0. The Balaban J connectivity index is 1.82. The number of aromatic nitrogens is 1. The lowest BCUT2D eigenvalue weighted by Gasteiger charge is -2.02. The average molecular weight is 317 g/mol. The Morgan fingerprint density at radius 2 is 2.19 bits per heavy atom. The van der Waals surface area contributed by atoms with Gasteiger partial charge in [-0.15, -0.1) is 22.7 Å². The summed E-state index contributed by atoms with van der Waals surface area (Å²) < 4.78 is 1.04. The van der Waals surface area contributed by atoms with Crippen LogP contribution >= 0.6 is 22.7 Å². The summed E-state index contributed by atoms with van der Waals surface area (Å²) in [5.41, 5.74) is 8.69. The van der Waals surface area contributed by atoms with E-state index in [1.807, 2.05) is 31.4 Å². The number of rotatable bonds is 3. The van der Waals surface area contributed by atoms with Crippen LogP contribution in [-0.2, 0) is 6.54 Å². The number of nitrogens with two attached hydrogens (primary N) is 1. The van der Waals surface area contributed by atoms with E-state index in [0.29, 0.717) is 17.1 Å². The molecule has 2 heterocycles. The fourth-order valence-electron chi connectivity index (χ4n) is 2.13. The molecule has 3 aromatic rings. The summed E-state index contributed by atoms with van der Waals surface area (Å²) >= 11 is 3.01. The molecule has 6 heteroatoms. The van der Waals surface area contributed by atoms with Crippen molar-refractivity contribution in [1.82, 2.24) is 10.3 Å². The highest BCUT2D eigenvalue weighted by molar-refractivity contribution is 7.21. The fraction of sp³-hybridized carbons (Fsp3) is 0.200. The minimum atomic E-state index is -0.142. The first-order valence-corrected chi connectivity index (χ1v) is 8.22. The molecule has 3 N–H and O–H groups in total. The summed E-state index contributed by atoms with van der Waals surface area (Å²) in [7, 11) is 0. The molecule has 0 aliphatic rings. The van der Waals surface area contributed by atoms with Crippen molar-refractivity contribution in [3.8, 4) is 0 Å². The van der Waals surface area contributed by atoms with E-state index in [2.05, 4.69) is 16.4 Å². The van der Waals surface area contributed by atoms with Gasteiger partial charge in [0.15, 0.2) is 0 Å². The van der Waals surface area contributed by atoms with Gasteiger partial charge in [0.1, 0.15) is 4.88 Å². The second-order valence-electron chi connectivity index (χ2n) is 4.89. The predicted molar refractivity (Wildman–Crippen MR) is 89.0 cm³/mol. The van der Waals surface area contributed by atoms with E-state index in [4.69, 9.17) is 5.73 Å². The lowest BCUT2D eigenvalue weighted by Crippen LogP contribution is -2.22. The van der Waals surface area contributed by atoms with Crippen molar-refractivity contribution >= 4 is 44.4 Å². The van der Waals surface area contributed by atoms with E-state index >= 15 is 0 Å². The van der Waals surface area contributed by atoms with Crippen LogP contribution in [0.1, 0.15) is 25.9 Å². The molecular weight excluding hydrogens is 302 g/mol. The van der Waals surface area contributed by atoms with Gasteiger partial charge in [-0.1, -0.05) is 12.1 Å². The largest absolute Gasteiger partial charge is 0.397 e. The number of aryl methyl sites for hydroxylation is 2. The third kappa shape index (κ3) is 2.77. The summed E-state index contributed by atoms with van der Waals surface area (Å²) in [5.74, 6) is -0.142. The van der Waals surface area contributed by atoms with Crippen molar-refractivity contribution in [3.05, 3.63) is 44.7 Å². The number of hydrogen-bond donors (Lipinski definition) is 2. The molecule has 3 rings (SSSR count). The number of fused-ring (bicyclic) bond motifs is 1. The highest BCUT2D eigenvalue weighted by Crippen LogP contribution is 2.34. The Morgan fingerprint density at radius 1 is 1.38 bits per heavy atom. The molecule has 1 aromatic carbocycles. The lowest BCUT2D eigenvalue weighted by molar-refractivity contribution is 0.0955. The van der Waals surface area contributed by atoms with Crippen molar-refractivity contribution in [1.29, 1.82) is 0 Å². The molecule has 0 spiro atoms. The van der Waals surface area contributed by atoms with Crippen molar-refractivity contribution in [2.45, 2.75) is 20.4 Å². The third-order valence-corrected chi connectivity index (χ3v) is 5.18. The molecule has 21 heavy (non-hydrogen) atoms. The van der Waals surface area contributed by atoms with Gasteiger partial charge in [-0.25, -0.2) is 4.98 Å². The molecule has 0 atom stereocenters. The Bertz CT molecular complexity index is 820. The zero-order valence-corrected chi connectivity index (χ0v) is 13.4. The number of carbonyl (C=O) groups is 1. The van der Waals surface area contributed by atoms with Crippen molar-refractivity contribution < 1.29 is 4.79 Å². The molecule has 0 fully saturated rings. The van der Waals surface area contributed by atoms with Gasteiger partial charge in [-0.05, 0) is 25.5 Å². The Morgan fingerprint density at radius 3 is 2.90 bits per heavy atom. The van der Waals surface area contributed by atoms with Crippen LogP contribution in [0.15, 0.2) is 23.6 Å². The smallest absolute Gasteiger partial charge is 0.263 e. The molecule has 0 aliphatic carbocycles. The standard InChI is InChI=1S/C15H15N3OS2/c1-8-3-4-11-12(5-8)21-14(13(11)16)15(19)17-6-10-7-20-9(2)18-10/h3-5,7H,6,16H2,1-2H3,(H,17,19). The van der Waals surface area contributed by atoms with Gasteiger partial charge in [0.25, 0.3) is 5.91 Å². The molecule has 4 nitrogen and oxygen atoms in total. The molecule has 0 bridgehead atoms. The maximum Gasteiger partial charge on any atom is 0.263 e. The molecule has 0 unspecified atom stereocenters. The van der Waals surface area contributed by atoms with Crippen LogP contribution in [0, 0.1) is 13.8 Å². The number of amides is 1. The number of hydrogen-bond acceptors (Lipinski definition) is 5. The number of anilines is 1. The van der Waals surface area contributed by atoms with E-state index in [1.54, 1.807) is 11.3 Å². The highest BCUT2D eigenvalue weighted by atomic mass is 32.1. The van der Waals surface area contributed by atoms with Crippen molar-refractivity contribution in [2.75, 3.05) is 5.73 Å². The van der Waals surface area contributed by atoms with Crippen molar-refractivity contribution in [2.24, 2.45) is 0 Å². The fourth-order valence-corrected chi connectivity index (χ4v) is 3.88. The minimum Gasteiger partial charge on any atom is -0.397 e. The van der Waals surface area contributed by atoms with Crippen LogP contribution in [-0.4, -0.2) is 10.9 Å². The van der Waals surface area contributed by atoms with Crippen LogP contribution in [0.25, 0.3) is 10.1 Å². The second kappa shape index (κ2) is 5.46. The number of carbonyl (C=O) groups excluding carboxylic acids is 1. The summed E-state index contributed by atoms with van der Waals surface area (Å²) in [4.78, 5) is 17.2. The zero-order valence-electron chi connectivity index (χ0n) is 11.8. The van der Waals surface area contributed by atoms with Gasteiger partial charge in [0.2, 0.25) is 0 Å². The predicted octanol–water partition coefficient (Wildman–Crippen LogP) is 3.49. The summed E-state index contributed by atoms with van der Waals surface area (Å²) in [5, 5.41) is 6.77. The first-order chi connectivity index (χ1) is 10.0. The first kappa shape index (κ1) is 14.0. The molecule has 108 valence electrons. The third-order valence-electron chi connectivity index (χ3n) is 3.19. The van der Waals surface area contributed by atoms with Crippen LogP contribution in [0.5, 0.6) is 0 Å². The van der Waals surface area contributed by atoms with E-state index in [-0.39, 0.29) is 5.91 Å². The number of benzene rings is 1. The number of thiazole rings is 1. The van der Waals surface area contributed by atoms with Crippen LogP contribution in [0.2, 0.25) is 0 Å². The van der Waals surface area contributed by atoms with Crippen LogP contribution < -0.4 is 11.1 Å². The highest BCUT2D eigenvalue weighted by Gasteiger charge is 2.16. The number of nitrogens with zero attached hydrogens (tertiary/aromatic N) is 1. The maximum atomic E-state index is 12.3. The van der Waals surface area contributed by atoms with Gasteiger partial charge in [-0.3, -0.25) is 4.79 Å². The van der Waals surface area contributed by atoms with Gasteiger partial charge in [0.05, 0.1) is 22.9 Å². The zero-order chi connectivity index (χ0) is 15.0. The van der Waals surface area contributed by atoms with Gasteiger partial charge < -0.3 is 11.1 Å². The molecule has 2 aromatic heterocycles. The molecule has 0 saturated heterocycles. The number of nitrogens with one attached hydrogen (secondary N) is 1. The van der Waals surface area contributed by atoms with Crippen LogP contribution in [0.4, 0.5) is 5.69 Å². The quantitative estimate of drug-likeness (QED) is 0.777. The summed E-state index contributed by atoms with van der Waals surface area (Å²) in [6.07, 6.45) is 0. The SMILES string of the molecule is Cc1ccc2c(N)c(C(=O)NCc3csc(C)n3)sc2c1. The lowest BCUT2D eigenvalue weighted by atomic mass is 10.1. The van der Waals surface area contributed by atoms with Gasteiger partial charge >= 0.3 is 0 Å². The van der Waals surface area contributed by atoms with Crippen LogP contribution in [0.3, 0.4) is 0 Å². The molecule has 1 amide bonds. The summed E-state index contributed by atoms with van der Waals surface area (Å²) in [6.45, 7) is 4.40. The van der Waals surface area contributed by atoms with Crippen molar-refractivity contribution in [3.63, 3.8) is 0 Å². The minimum absolute atomic E-state index is 0.142. The van der Waals surface area contributed by atoms with E-state index in [0.717, 1.165) is 26.4 Å². The Kier molecular flexibility index (Phi) is 3.65. The monoisotopic (exact) mass is 317 g/mol. The molecular formula is C15H15N3OS2. The first-order valence-electron chi connectivity index (χ1n) is 6.52. The molecule has 0 aliphatic heterocycles. The Hall–Kier alpha value is -1.92. The second-order valence-corrected chi connectivity index (χ2v) is 7.00. The van der Waals surface area contributed by atoms with Gasteiger partial charge in [0, 0.05) is 15.5 Å². The number of nitrogen functional groups attached to an aromatic ring is 1.